The van der Waals surface area contributed by atoms with Crippen LogP contribution in [0.1, 0.15) is 18.5 Å². The van der Waals surface area contributed by atoms with Crippen LogP contribution in [0.4, 0.5) is 0 Å². The smallest absolute Gasteiger partial charge is 0.222 e. The molecule has 1 heterocycles. The summed E-state index contributed by atoms with van der Waals surface area (Å²) in [5.74, 6) is 0.744. The summed E-state index contributed by atoms with van der Waals surface area (Å²) in [4.78, 5) is 17.8. The lowest BCUT2D eigenvalue weighted by molar-refractivity contribution is -0.130. The van der Waals surface area contributed by atoms with Crippen molar-refractivity contribution < 1.29 is 9.53 Å². The maximum absolute atomic E-state index is 12.0. The number of nitrogens with zero attached hydrogens (tertiary/aromatic N) is 2. The summed E-state index contributed by atoms with van der Waals surface area (Å²) in [6.45, 7) is 1.02. The fourth-order valence-corrected chi connectivity index (χ4v) is 2.54. The van der Waals surface area contributed by atoms with Crippen LogP contribution in [-0.4, -0.2) is 29.4 Å². The number of carbonyl (C=O) groups excluding carboxylic acids is 1. The molecule has 0 aliphatic heterocycles. The summed E-state index contributed by atoms with van der Waals surface area (Å²) in [5.41, 5.74) is 2.69. The van der Waals surface area contributed by atoms with E-state index in [0.29, 0.717) is 36.8 Å². The van der Waals surface area contributed by atoms with Gasteiger partial charge in [-0.25, -0.2) is 4.98 Å². The van der Waals surface area contributed by atoms with E-state index in [2.05, 4.69) is 4.98 Å². The number of aromatic nitrogens is 1. The zero-order valence-corrected chi connectivity index (χ0v) is 13.4. The van der Waals surface area contributed by atoms with Gasteiger partial charge in [0.05, 0.1) is 29.4 Å². The van der Waals surface area contributed by atoms with Crippen molar-refractivity contribution in [2.24, 2.45) is 0 Å². The van der Waals surface area contributed by atoms with Crippen LogP contribution in [0.25, 0.3) is 0 Å². The highest BCUT2D eigenvalue weighted by molar-refractivity contribution is 7.07. The minimum Gasteiger partial charge on any atom is -0.492 e. The first kappa shape index (κ1) is 15.8. The molecule has 0 fully saturated rings. The number of rotatable bonds is 7. The van der Waals surface area contributed by atoms with Crippen molar-refractivity contribution >= 4 is 28.8 Å². The summed E-state index contributed by atoms with van der Waals surface area (Å²) >= 11 is 7.52. The first-order valence-electron chi connectivity index (χ1n) is 6.65. The monoisotopic (exact) mass is 324 g/mol. The largest absolute Gasteiger partial charge is 0.492 e. The van der Waals surface area contributed by atoms with Gasteiger partial charge in [-0.15, -0.1) is 11.3 Å². The van der Waals surface area contributed by atoms with E-state index < -0.39 is 0 Å². The zero-order valence-electron chi connectivity index (χ0n) is 11.8. The second-order valence-electron chi connectivity index (χ2n) is 4.61. The van der Waals surface area contributed by atoms with Crippen molar-refractivity contribution in [3.8, 4) is 5.75 Å². The molecule has 0 N–H and O–H groups in total. The van der Waals surface area contributed by atoms with E-state index in [4.69, 9.17) is 16.3 Å². The van der Waals surface area contributed by atoms with Crippen LogP contribution in [0.5, 0.6) is 5.75 Å². The number of halogens is 1. The molecule has 6 heteroatoms. The van der Waals surface area contributed by atoms with E-state index in [9.17, 15) is 4.79 Å². The predicted molar refractivity (Wildman–Crippen MR) is 84.8 cm³/mol. The van der Waals surface area contributed by atoms with Crippen molar-refractivity contribution in [1.29, 1.82) is 0 Å². The van der Waals surface area contributed by atoms with E-state index >= 15 is 0 Å². The van der Waals surface area contributed by atoms with Crippen LogP contribution < -0.4 is 4.74 Å². The van der Waals surface area contributed by atoms with Crippen LogP contribution >= 0.6 is 22.9 Å². The van der Waals surface area contributed by atoms with E-state index in [1.807, 2.05) is 23.6 Å². The van der Waals surface area contributed by atoms with E-state index in [1.54, 1.807) is 23.5 Å². The SMILES string of the molecule is CN(Cc1cscn1)C(=O)CCCOc1ccccc1Cl. The lowest BCUT2D eigenvalue weighted by atomic mass is 10.3. The van der Waals surface area contributed by atoms with Crippen LogP contribution in [0.15, 0.2) is 35.2 Å². The van der Waals surface area contributed by atoms with Gasteiger partial charge in [-0.05, 0) is 18.6 Å². The first-order chi connectivity index (χ1) is 10.2. The van der Waals surface area contributed by atoms with Crippen molar-refractivity contribution in [3.63, 3.8) is 0 Å². The van der Waals surface area contributed by atoms with E-state index in [-0.39, 0.29) is 5.91 Å². The average molecular weight is 325 g/mol. The minimum absolute atomic E-state index is 0.0887. The van der Waals surface area contributed by atoms with Crippen molar-refractivity contribution in [2.75, 3.05) is 13.7 Å². The first-order valence-corrected chi connectivity index (χ1v) is 7.97. The molecule has 0 aliphatic carbocycles. The summed E-state index contributed by atoms with van der Waals surface area (Å²) in [6, 6.07) is 7.32. The zero-order chi connectivity index (χ0) is 15.1. The standard InChI is InChI=1S/C15H17ClN2O2S/c1-18(9-12-10-21-11-17-12)15(19)7-4-8-20-14-6-3-2-5-13(14)16/h2-3,5-6,10-11H,4,7-9H2,1H3. The van der Waals surface area contributed by atoms with Gasteiger partial charge in [0, 0.05) is 18.8 Å². The third-order valence-corrected chi connectivity index (χ3v) is 3.89. The minimum atomic E-state index is 0.0887. The van der Waals surface area contributed by atoms with Gasteiger partial charge in [0.15, 0.2) is 0 Å². The number of para-hydroxylation sites is 1. The molecule has 1 aromatic heterocycles. The molecule has 4 nitrogen and oxygen atoms in total. The molecule has 0 bridgehead atoms. The van der Waals surface area contributed by atoms with Gasteiger partial charge in [0.2, 0.25) is 5.91 Å². The van der Waals surface area contributed by atoms with Crippen molar-refractivity contribution in [3.05, 3.63) is 45.9 Å². The summed E-state index contributed by atoms with van der Waals surface area (Å²) in [7, 11) is 1.79. The molecule has 1 aromatic carbocycles. The number of ether oxygens (including phenoxy) is 1. The Morgan fingerprint density at radius 1 is 1.43 bits per heavy atom. The predicted octanol–water partition coefficient (Wildman–Crippen LogP) is 3.61. The lowest BCUT2D eigenvalue weighted by Crippen LogP contribution is -2.26. The number of benzene rings is 1. The molecular formula is C15H17ClN2O2S. The quantitative estimate of drug-likeness (QED) is 0.731. The molecule has 0 saturated heterocycles. The van der Waals surface area contributed by atoms with Crippen molar-refractivity contribution in [2.45, 2.75) is 19.4 Å². The number of amides is 1. The number of hydrogen-bond acceptors (Lipinski definition) is 4. The summed E-state index contributed by atoms with van der Waals surface area (Å²) in [5, 5.41) is 2.54. The Morgan fingerprint density at radius 3 is 2.95 bits per heavy atom. The Hall–Kier alpha value is -1.59. The molecule has 0 atom stereocenters. The van der Waals surface area contributed by atoms with Crippen molar-refractivity contribution in [1.82, 2.24) is 9.88 Å². The maximum atomic E-state index is 12.0. The van der Waals surface area contributed by atoms with Crippen LogP contribution in [0.2, 0.25) is 5.02 Å². The molecule has 0 saturated carbocycles. The fourth-order valence-electron chi connectivity index (χ4n) is 1.80. The number of carbonyl (C=O) groups is 1. The molecule has 2 rings (SSSR count). The highest BCUT2D eigenvalue weighted by atomic mass is 35.5. The number of hydrogen-bond donors (Lipinski definition) is 0. The Bertz CT molecular complexity index is 575. The highest BCUT2D eigenvalue weighted by Gasteiger charge is 2.10. The maximum Gasteiger partial charge on any atom is 0.222 e. The average Bonchev–Trinajstić information content (AvgIpc) is 2.98. The molecule has 0 radical (unpaired) electrons. The van der Waals surface area contributed by atoms with Crippen LogP contribution in [0, 0.1) is 0 Å². The summed E-state index contributed by atoms with van der Waals surface area (Å²) < 4.78 is 5.56. The fraction of sp³-hybridized carbons (Fsp3) is 0.333. The Balaban J connectivity index is 1.68. The Kier molecular flexibility index (Phi) is 6.02. The summed E-state index contributed by atoms with van der Waals surface area (Å²) in [6.07, 6.45) is 1.11. The molecule has 2 aromatic rings. The molecule has 0 aliphatic rings. The van der Waals surface area contributed by atoms with E-state index in [1.165, 1.54) is 11.3 Å². The van der Waals surface area contributed by atoms with E-state index in [0.717, 1.165) is 5.69 Å². The van der Waals surface area contributed by atoms with Crippen LogP contribution in [0.3, 0.4) is 0 Å². The topological polar surface area (TPSA) is 42.4 Å². The van der Waals surface area contributed by atoms with Crippen LogP contribution in [-0.2, 0) is 11.3 Å². The van der Waals surface area contributed by atoms with Gasteiger partial charge < -0.3 is 9.64 Å². The molecule has 0 unspecified atom stereocenters. The Morgan fingerprint density at radius 2 is 2.24 bits per heavy atom. The van der Waals surface area contributed by atoms with Gasteiger partial charge in [-0.3, -0.25) is 4.79 Å². The second-order valence-corrected chi connectivity index (χ2v) is 5.74. The second kappa shape index (κ2) is 8.00. The molecule has 21 heavy (non-hydrogen) atoms. The number of thiazole rings is 1. The normalized spacial score (nSPS) is 10.4. The van der Waals surface area contributed by atoms with Gasteiger partial charge >= 0.3 is 0 Å². The van der Waals surface area contributed by atoms with Gasteiger partial charge in [-0.2, -0.15) is 0 Å². The molecular weight excluding hydrogens is 308 g/mol. The molecule has 0 spiro atoms. The van der Waals surface area contributed by atoms with Gasteiger partial charge in [-0.1, -0.05) is 23.7 Å². The molecule has 1 amide bonds. The molecule has 112 valence electrons. The lowest BCUT2D eigenvalue weighted by Gasteiger charge is -2.16. The van der Waals surface area contributed by atoms with Gasteiger partial charge in [0.25, 0.3) is 0 Å². The third-order valence-electron chi connectivity index (χ3n) is 2.94. The van der Waals surface area contributed by atoms with Gasteiger partial charge in [0.1, 0.15) is 5.75 Å². The Labute approximate surface area is 133 Å². The third kappa shape index (κ3) is 5.02. The highest BCUT2D eigenvalue weighted by Crippen LogP contribution is 2.23.